The molecule has 0 bridgehead atoms. The van der Waals surface area contributed by atoms with Gasteiger partial charge in [0.1, 0.15) is 0 Å². The zero-order valence-electron chi connectivity index (χ0n) is 8.84. The number of hydrogen-bond donors (Lipinski definition) is 0. The van der Waals surface area contributed by atoms with E-state index in [-0.39, 0.29) is 0 Å². The molecule has 2 nitrogen and oxygen atoms in total. The highest BCUT2D eigenvalue weighted by Gasteiger charge is 2.33. The first-order chi connectivity index (χ1) is 7.04. The minimum absolute atomic E-state index is 0.380. The molecule has 0 N–H and O–H groups in total. The van der Waals surface area contributed by atoms with E-state index in [0.29, 0.717) is 19.1 Å². The summed E-state index contributed by atoms with van der Waals surface area (Å²) in [5.74, 6) is 0. The number of rotatable bonds is 3. The Hall–Kier alpha value is -0.225. The fourth-order valence-corrected chi connectivity index (χ4v) is 2.68. The van der Waals surface area contributed by atoms with Crippen molar-refractivity contribution in [3.05, 3.63) is 0 Å². The first-order valence-corrected chi connectivity index (χ1v) is 5.72. The van der Waals surface area contributed by atoms with Crippen molar-refractivity contribution in [2.24, 2.45) is 0 Å². The van der Waals surface area contributed by atoms with Gasteiger partial charge >= 0.3 is 6.98 Å². The molecule has 0 aromatic carbocycles. The zero-order chi connectivity index (χ0) is 10.9. The Bertz CT molecular complexity index is 216. The minimum Gasteiger partial charge on any atom is -0.448 e. The Kier molecular flexibility index (Phi) is 3.26. The fourth-order valence-electron chi connectivity index (χ4n) is 2.68. The van der Waals surface area contributed by atoms with Gasteiger partial charge < -0.3 is 17.8 Å². The molecule has 1 atom stereocenters. The maximum Gasteiger partial charge on any atom is 0.492 e. The molecule has 2 aliphatic heterocycles. The fraction of sp³-hybridized carbons (Fsp3) is 1.00. The summed E-state index contributed by atoms with van der Waals surface area (Å²) in [5, 5.41) is 0. The standard InChI is InChI=1S/C9H17BF3N2/c11-10(12,13)8-14-6-3-9(7-14)15-4-1-2-5-15/h9H,1-8H2/q-1. The lowest BCUT2D eigenvalue weighted by molar-refractivity contribution is 0.234. The van der Waals surface area contributed by atoms with Crippen LogP contribution in [0.1, 0.15) is 19.3 Å². The quantitative estimate of drug-likeness (QED) is 0.667. The molecule has 2 fully saturated rings. The maximum absolute atomic E-state index is 12.2. The Morgan fingerprint density at radius 3 is 2.33 bits per heavy atom. The van der Waals surface area contributed by atoms with Crippen molar-refractivity contribution in [2.75, 3.05) is 32.6 Å². The summed E-state index contributed by atoms with van der Waals surface area (Å²) < 4.78 is 36.7. The van der Waals surface area contributed by atoms with Gasteiger partial charge in [0.15, 0.2) is 0 Å². The second-order valence-corrected chi connectivity index (χ2v) is 4.66. The molecular formula is C9H17BF3N2-. The van der Waals surface area contributed by atoms with E-state index in [4.69, 9.17) is 0 Å². The van der Waals surface area contributed by atoms with Crippen LogP contribution in [0.2, 0.25) is 0 Å². The monoisotopic (exact) mass is 221 g/mol. The molecular weight excluding hydrogens is 204 g/mol. The zero-order valence-corrected chi connectivity index (χ0v) is 8.84. The van der Waals surface area contributed by atoms with Crippen LogP contribution in [0.5, 0.6) is 0 Å². The summed E-state index contributed by atoms with van der Waals surface area (Å²) >= 11 is 0. The predicted molar refractivity (Wildman–Crippen MR) is 54.7 cm³/mol. The number of likely N-dealkylation sites (tertiary alicyclic amines) is 2. The van der Waals surface area contributed by atoms with Gasteiger partial charge in [-0.25, -0.2) is 0 Å². The normalized spacial score (nSPS) is 30.2. The molecule has 0 aromatic rings. The summed E-state index contributed by atoms with van der Waals surface area (Å²) in [6, 6.07) is 0.380. The second-order valence-electron chi connectivity index (χ2n) is 4.66. The van der Waals surface area contributed by atoms with E-state index in [0.717, 1.165) is 19.5 Å². The molecule has 0 amide bonds. The second kappa shape index (κ2) is 4.33. The highest BCUT2D eigenvalue weighted by molar-refractivity contribution is 6.58. The third-order valence-electron chi connectivity index (χ3n) is 3.37. The Morgan fingerprint density at radius 1 is 1.07 bits per heavy atom. The van der Waals surface area contributed by atoms with E-state index < -0.39 is 13.4 Å². The van der Waals surface area contributed by atoms with Gasteiger partial charge in [-0.3, -0.25) is 4.90 Å². The summed E-state index contributed by atoms with van der Waals surface area (Å²) in [6.45, 7) is -1.26. The number of hydrogen-bond acceptors (Lipinski definition) is 2. The summed E-state index contributed by atoms with van der Waals surface area (Å²) in [5.41, 5.74) is 0. The van der Waals surface area contributed by atoms with Gasteiger partial charge in [0.05, 0.1) is 0 Å². The van der Waals surface area contributed by atoms with Crippen LogP contribution in [-0.2, 0) is 0 Å². The third-order valence-corrected chi connectivity index (χ3v) is 3.37. The van der Waals surface area contributed by atoms with Crippen LogP contribution in [0.25, 0.3) is 0 Å². The van der Waals surface area contributed by atoms with Crippen LogP contribution >= 0.6 is 0 Å². The van der Waals surface area contributed by atoms with E-state index in [1.807, 2.05) is 0 Å². The van der Waals surface area contributed by atoms with E-state index >= 15 is 0 Å². The largest absolute Gasteiger partial charge is 0.492 e. The summed E-state index contributed by atoms with van der Waals surface area (Å²) in [7, 11) is 0. The minimum atomic E-state index is -4.65. The lowest BCUT2D eigenvalue weighted by Crippen LogP contribution is -2.40. The molecule has 1 unspecified atom stereocenters. The van der Waals surface area contributed by atoms with Gasteiger partial charge in [-0.15, -0.1) is 0 Å². The van der Waals surface area contributed by atoms with Gasteiger partial charge in [-0.05, 0) is 45.3 Å². The predicted octanol–water partition coefficient (Wildman–Crippen LogP) is 1.54. The summed E-state index contributed by atoms with van der Waals surface area (Å²) in [4.78, 5) is 3.91. The summed E-state index contributed by atoms with van der Waals surface area (Å²) in [6.07, 6.45) is 2.65. The van der Waals surface area contributed by atoms with Crippen LogP contribution in [0.3, 0.4) is 0 Å². The van der Waals surface area contributed by atoms with Crippen molar-refractivity contribution in [1.82, 2.24) is 9.80 Å². The SMILES string of the molecule is F[B-](F)(F)CN1CCC(N2CCCC2)C1. The van der Waals surface area contributed by atoms with Crippen LogP contribution in [0, 0.1) is 0 Å². The maximum atomic E-state index is 12.2. The van der Waals surface area contributed by atoms with E-state index in [9.17, 15) is 12.9 Å². The first-order valence-electron chi connectivity index (χ1n) is 5.72. The van der Waals surface area contributed by atoms with Gasteiger partial charge in [-0.1, -0.05) is 0 Å². The van der Waals surface area contributed by atoms with Crippen LogP contribution in [0.4, 0.5) is 12.9 Å². The number of halogens is 3. The molecule has 0 spiro atoms. The Balaban J connectivity index is 1.79. The molecule has 15 heavy (non-hydrogen) atoms. The molecule has 0 aliphatic carbocycles. The average Bonchev–Trinajstić information content (AvgIpc) is 2.68. The van der Waals surface area contributed by atoms with Gasteiger partial charge in [0, 0.05) is 12.6 Å². The van der Waals surface area contributed by atoms with Crippen molar-refractivity contribution in [2.45, 2.75) is 25.3 Å². The average molecular weight is 221 g/mol. The smallest absolute Gasteiger partial charge is 0.448 e. The van der Waals surface area contributed by atoms with Gasteiger partial charge in [0.2, 0.25) is 0 Å². The molecule has 0 aromatic heterocycles. The molecule has 2 heterocycles. The topological polar surface area (TPSA) is 6.48 Å². The van der Waals surface area contributed by atoms with Crippen molar-refractivity contribution < 1.29 is 12.9 Å². The van der Waals surface area contributed by atoms with Crippen molar-refractivity contribution >= 4 is 6.98 Å². The molecule has 2 aliphatic rings. The van der Waals surface area contributed by atoms with E-state index in [1.165, 1.54) is 12.8 Å². The highest BCUT2D eigenvalue weighted by atomic mass is 19.4. The lowest BCUT2D eigenvalue weighted by atomic mass is 9.91. The Labute approximate surface area is 88.5 Å². The molecule has 0 saturated carbocycles. The highest BCUT2D eigenvalue weighted by Crippen LogP contribution is 2.22. The van der Waals surface area contributed by atoms with Gasteiger partial charge in [0.25, 0.3) is 0 Å². The van der Waals surface area contributed by atoms with Crippen molar-refractivity contribution in [1.29, 1.82) is 0 Å². The number of nitrogens with zero attached hydrogens (tertiary/aromatic N) is 2. The molecule has 2 saturated heterocycles. The van der Waals surface area contributed by atoms with Crippen molar-refractivity contribution in [3.63, 3.8) is 0 Å². The molecule has 88 valence electrons. The van der Waals surface area contributed by atoms with Crippen LogP contribution in [0.15, 0.2) is 0 Å². The first kappa shape index (κ1) is 11.3. The van der Waals surface area contributed by atoms with Crippen LogP contribution in [-0.4, -0.2) is 55.4 Å². The molecule has 2 rings (SSSR count). The van der Waals surface area contributed by atoms with E-state index in [2.05, 4.69) is 4.90 Å². The Morgan fingerprint density at radius 2 is 1.73 bits per heavy atom. The lowest BCUT2D eigenvalue weighted by Gasteiger charge is -2.26. The van der Waals surface area contributed by atoms with Gasteiger partial charge in [-0.2, -0.15) is 0 Å². The molecule has 6 heteroatoms. The van der Waals surface area contributed by atoms with Crippen LogP contribution < -0.4 is 0 Å². The van der Waals surface area contributed by atoms with Crippen molar-refractivity contribution in [3.8, 4) is 0 Å². The molecule has 0 radical (unpaired) electrons. The third kappa shape index (κ3) is 3.11. The van der Waals surface area contributed by atoms with E-state index in [1.54, 1.807) is 4.90 Å².